The first-order valence-corrected chi connectivity index (χ1v) is 13.4. The van der Waals surface area contributed by atoms with E-state index in [4.69, 9.17) is 14.9 Å². The van der Waals surface area contributed by atoms with Crippen molar-refractivity contribution in [1.82, 2.24) is 15.1 Å². The van der Waals surface area contributed by atoms with E-state index >= 15 is 0 Å². The van der Waals surface area contributed by atoms with Crippen molar-refractivity contribution in [2.45, 2.75) is 59.4 Å². The van der Waals surface area contributed by atoms with Crippen molar-refractivity contribution < 1.29 is 23.9 Å². The highest BCUT2D eigenvalue weighted by Crippen LogP contribution is 2.30. The molecule has 3 rings (SSSR count). The molecular weight excluding hydrogens is 472 g/mol. The van der Waals surface area contributed by atoms with E-state index < -0.39 is 5.41 Å². The molecule has 2 aliphatic rings. The minimum absolute atomic E-state index is 0.0172. The van der Waals surface area contributed by atoms with Crippen LogP contribution in [0, 0.1) is 16.7 Å². The van der Waals surface area contributed by atoms with Crippen molar-refractivity contribution in [2.24, 2.45) is 11.3 Å². The number of carbonyl (C=O) groups excluding carboxylic acids is 3. The minimum atomic E-state index is -0.781. The topological polar surface area (TPSA) is 112 Å². The lowest BCUT2D eigenvalue weighted by atomic mass is 9.80. The van der Waals surface area contributed by atoms with Gasteiger partial charge in [-0.2, -0.15) is 0 Å². The number of amidine groups is 1. The van der Waals surface area contributed by atoms with E-state index in [1.807, 2.05) is 30.6 Å². The van der Waals surface area contributed by atoms with Gasteiger partial charge < -0.3 is 24.6 Å². The summed E-state index contributed by atoms with van der Waals surface area (Å²) >= 11 is 0. The molecule has 0 spiro atoms. The predicted octanol–water partition coefficient (Wildman–Crippen LogP) is 3.07. The van der Waals surface area contributed by atoms with Gasteiger partial charge in [0.25, 0.3) is 5.91 Å². The number of piperidine rings is 1. The SMILES string of the molecule is CCOC(=O)CC1CCN(C(=O)C(C)(C)C(CC)NC(=O)c2ccc(C(=N)N3CCOCC3)cc2)CC1. The van der Waals surface area contributed by atoms with Gasteiger partial charge in [0.1, 0.15) is 5.84 Å². The van der Waals surface area contributed by atoms with Gasteiger partial charge >= 0.3 is 5.97 Å². The number of hydrogen-bond donors (Lipinski definition) is 2. The number of morpholine rings is 1. The monoisotopic (exact) mass is 514 g/mol. The van der Waals surface area contributed by atoms with Crippen molar-refractivity contribution in [3.05, 3.63) is 35.4 Å². The maximum atomic E-state index is 13.5. The Morgan fingerprint density at radius 3 is 2.19 bits per heavy atom. The average molecular weight is 515 g/mol. The molecule has 1 aromatic carbocycles. The van der Waals surface area contributed by atoms with Crippen molar-refractivity contribution in [3.8, 4) is 0 Å². The number of rotatable bonds is 9. The van der Waals surface area contributed by atoms with Crippen LogP contribution in [0.5, 0.6) is 0 Å². The van der Waals surface area contributed by atoms with E-state index in [2.05, 4.69) is 5.32 Å². The molecule has 9 nitrogen and oxygen atoms in total. The molecule has 1 atom stereocenters. The molecule has 2 saturated heterocycles. The number of likely N-dealkylation sites (tertiary alicyclic amines) is 1. The summed E-state index contributed by atoms with van der Waals surface area (Å²) in [4.78, 5) is 42.2. The molecule has 0 aliphatic carbocycles. The molecular formula is C28H42N4O5. The summed E-state index contributed by atoms with van der Waals surface area (Å²) in [6.45, 7) is 11.7. The van der Waals surface area contributed by atoms with Crippen LogP contribution in [0.4, 0.5) is 0 Å². The minimum Gasteiger partial charge on any atom is -0.466 e. The third-order valence-corrected chi connectivity index (χ3v) is 7.55. The summed E-state index contributed by atoms with van der Waals surface area (Å²) < 4.78 is 10.4. The van der Waals surface area contributed by atoms with Gasteiger partial charge in [0.2, 0.25) is 5.91 Å². The normalized spacial score (nSPS) is 17.7. The zero-order valence-electron chi connectivity index (χ0n) is 22.7. The largest absolute Gasteiger partial charge is 0.466 e. The van der Waals surface area contributed by atoms with Crippen LogP contribution in [0.3, 0.4) is 0 Å². The van der Waals surface area contributed by atoms with Gasteiger partial charge in [0.15, 0.2) is 0 Å². The van der Waals surface area contributed by atoms with Gasteiger partial charge in [0.05, 0.1) is 25.2 Å². The van der Waals surface area contributed by atoms with Gasteiger partial charge in [-0.25, -0.2) is 0 Å². The third-order valence-electron chi connectivity index (χ3n) is 7.55. The number of nitrogens with one attached hydrogen (secondary N) is 2. The Morgan fingerprint density at radius 1 is 1.03 bits per heavy atom. The Hall–Kier alpha value is -2.94. The van der Waals surface area contributed by atoms with Crippen LogP contribution < -0.4 is 5.32 Å². The van der Waals surface area contributed by atoms with Crippen molar-refractivity contribution in [2.75, 3.05) is 46.0 Å². The summed E-state index contributed by atoms with van der Waals surface area (Å²) in [5, 5.41) is 11.5. The summed E-state index contributed by atoms with van der Waals surface area (Å²) in [6, 6.07) is 6.72. The maximum Gasteiger partial charge on any atom is 0.306 e. The molecule has 204 valence electrons. The molecule has 1 unspecified atom stereocenters. The van der Waals surface area contributed by atoms with E-state index in [9.17, 15) is 14.4 Å². The number of carbonyl (C=O) groups is 3. The molecule has 0 radical (unpaired) electrons. The Kier molecular flexibility index (Phi) is 10.1. The van der Waals surface area contributed by atoms with Crippen LogP contribution in [0.15, 0.2) is 24.3 Å². The molecule has 0 bridgehead atoms. The fourth-order valence-electron chi connectivity index (χ4n) is 5.14. The van der Waals surface area contributed by atoms with E-state index in [1.165, 1.54) is 0 Å². The Morgan fingerprint density at radius 2 is 1.62 bits per heavy atom. The second-order valence-electron chi connectivity index (χ2n) is 10.4. The molecule has 9 heteroatoms. The fourth-order valence-corrected chi connectivity index (χ4v) is 5.14. The first-order chi connectivity index (χ1) is 17.7. The number of hydrogen-bond acceptors (Lipinski definition) is 6. The number of amides is 2. The van der Waals surface area contributed by atoms with Crippen LogP contribution in [-0.2, 0) is 19.1 Å². The molecule has 0 aromatic heterocycles. The van der Waals surface area contributed by atoms with Crippen LogP contribution in [0.2, 0.25) is 0 Å². The van der Waals surface area contributed by atoms with Crippen molar-refractivity contribution in [1.29, 1.82) is 5.41 Å². The second kappa shape index (κ2) is 13.0. The number of nitrogens with zero attached hydrogens (tertiary/aromatic N) is 2. The molecule has 2 N–H and O–H groups in total. The highest BCUT2D eigenvalue weighted by Gasteiger charge is 2.40. The molecule has 0 saturated carbocycles. The van der Waals surface area contributed by atoms with E-state index in [0.29, 0.717) is 70.2 Å². The first kappa shape index (κ1) is 28.6. The summed E-state index contributed by atoms with van der Waals surface area (Å²) in [5.41, 5.74) is 0.476. The zero-order chi connectivity index (χ0) is 27.0. The standard InChI is InChI=1S/C28H42N4O5/c1-5-23(28(3,4)27(35)32-13-11-20(12-14-32)19-24(33)37-6-2)30-26(34)22-9-7-21(8-10-22)25(29)31-15-17-36-18-16-31/h7-10,20,23,29H,5-6,11-19H2,1-4H3,(H,30,34). The predicted molar refractivity (Wildman–Crippen MR) is 142 cm³/mol. The van der Waals surface area contributed by atoms with Gasteiger partial charge in [-0.15, -0.1) is 0 Å². The Labute approximate surface area is 220 Å². The number of esters is 1. The quantitative estimate of drug-likeness (QED) is 0.298. The van der Waals surface area contributed by atoms with Gasteiger partial charge in [0, 0.05) is 49.8 Å². The average Bonchev–Trinajstić information content (AvgIpc) is 2.91. The van der Waals surface area contributed by atoms with E-state index in [-0.39, 0.29) is 29.7 Å². The highest BCUT2D eigenvalue weighted by molar-refractivity contribution is 5.99. The highest BCUT2D eigenvalue weighted by atomic mass is 16.5. The fraction of sp³-hybridized carbons (Fsp3) is 0.643. The molecule has 2 heterocycles. The molecule has 1 aromatic rings. The van der Waals surface area contributed by atoms with Gasteiger partial charge in [-0.1, -0.05) is 19.1 Å². The lowest BCUT2D eigenvalue weighted by molar-refractivity contribution is -0.145. The summed E-state index contributed by atoms with van der Waals surface area (Å²) in [6.07, 6.45) is 2.56. The van der Waals surface area contributed by atoms with Crippen molar-refractivity contribution >= 4 is 23.6 Å². The van der Waals surface area contributed by atoms with Crippen molar-refractivity contribution in [3.63, 3.8) is 0 Å². The Bertz CT molecular complexity index is 948. The lowest BCUT2D eigenvalue weighted by Crippen LogP contribution is -2.54. The van der Waals surface area contributed by atoms with Crippen LogP contribution in [0.1, 0.15) is 69.3 Å². The summed E-state index contributed by atoms with van der Waals surface area (Å²) in [7, 11) is 0. The Balaban J connectivity index is 1.57. The molecule has 2 aliphatic heterocycles. The van der Waals surface area contributed by atoms with E-state index in [0.717, 1.165) is 18.4 Å². The number of ether oxygens (including phenoxy) is 2. The van der Waals surface area contributed by atoms with Gasteiger partial charge in [-0.3, -0.25) is 19.8 Å². The smallest absolute Gasteiger partial charge is 0.306 e. The van der Waals surface area contributed by atoms with Crippen LogP contribution in [-0.4, -0.2) is 85.5 Å². The lowest BCUT2D eigenvalue weighted by Gasteiger charge is -2.40. The third kappa shape index (κ3) is 7.31. The molecule has 2 amide bonds. The van der Waals surface area contributed by atoms with Crippen LogP contribution >= 0.6 is 0 Å². The number of benzene rings is 1. The van der Waals surface area contributed by atoms with Gasteiger partial charge in [-0.05, 0) is 58.1 Å². The second-order valence-corrected chi connectivity index (χ2v) is 10.4. The first-order valence-electron chi connectivity index (χ1n) is 13.4. The van der Waals surface area contributed by atoms with E-state index in [1.54, 1.807) is 31.2 Å². The molecule has 2 fully saturated rings. The summed E-state index contributed by atoms with van der Waals surface area (Å²) in [5.74, 6) is 0.279. The zero-order valence-corrected chi connectivity index (χ0v) is 22.7. The molecule has 37 heavy (non-hydrogen) atoms. The maximum absolute atomic E-state index is 13.5. The van der Waals surface area contributed by atoms with Crippen LogP contribution in [0.25, 0.3) is 0 Å².